The van der Waals surface area contributed by atoms with E-state index >= 15 is 0 Å². The van der Waals surface area contributed by atoms with Crippen molar-refractivity contribution in [2.75, 3.05) is 11.4 Å². The van der Waals surface area contributed by atoms with Gasteiger partial charge in [-0.25, -0.2) is 0 Å². The standard InChI is InChI=1S/C28H22N4O2/c1-18-4-5-20(16-29-18)19-6-12-25-24(15-19)28-21(17-30-25)7-13-27(34)32(28)23-10-8-22(9-11-23)31-14-2-3-26(31)33/h4-13,15-17H,2-3,14H2,1H3. The summed E-state index contributed by atoms with van der Waals surface area (Å²) in [5.74, 6) is 0.144. The summed E-state index contributed by atoms with van der Waals surface area (Å²) in [5, 5.41) is 1.78. The van der Waals surface area contributed by atoms with Crippen molar-refractivity contribution in [3.63, 3.8) is 0 Å². The molecule has 1 fully saturated rings. The predicted molar refractivity (Wildman–Crippen MR) is 134 cm³/mol. The van der Waals surface area contributed by atoms with Crippen LogP contribution in [0.1, 0.15) is 18.5 Å². The first-order valence-electron chi connectivity index (χ1n) is 11.4. The van der Waals surface area contributed by atoms with E-state index < -0.39 is 0 Å². The van der Waals surface area contributed by atoms with Crippen molar-refractivity contribution >= 4 is 33.4 Å². The van der Waals surface area contributed by atoms with E-state index in [0.717, 1.165) is 63.0 Å². The van der Waals surface area contributed by atoms with E-state index in [1.807, 2.05) is 67.7 Å². The molecule has 6 rings (SSSR count). The second-order valence-electron chi connectivity index (χ2n) is 8.65. The van der Waals surface area contributed by atoms with Gasteiger partial charge in [-0.05, 0) is 67.4 Å². The molecule has 0 bridgehead atoms. The molecule has 1 saturated heterocycles. The molecule has 0 unspecified atom stereocenters. The fourth-order valence-corrected chi connectivity index (χ4v) is 4.69. The van der Waals surface area contributed by atoms with E-state index in [0.29, 0.717) is 6.42 Å². The monoisotopic (exact) mass is 446 g/mol. The number of benzene rings is 2. The van der Waals surface area contributed by atoms with Gasteiger partial charge >= 0.3 is 0 Å². The molecule has 6 nitrogen and oxygen atoms in total. The fourth-order valence-electron chi connectivity index (χ4n) is 4.69. The molecule has 0 radical (unpaired) electrons. The number of nitrogens with zero attached hydrogens (tertiary/aromatic N) is 4. The zero-order valence-corrected chi connectivity index (χ0v) is 18.7. The molecule has 5 aromatic rings. The molecule has 34 heavy (non-hydrogen) atoms. The van der Waals surface area contributed by atoms with Crippen molar-refractivity contribution in [1.29, 1.82) is 0 Å². The number of fused-ring (bicyclic) bond motifs is 3. The van der Waals surface area contributed by atoms with Crippen molar-refractivity contribution in [3.05, 3.63) is 95.2 Å². The van der Waals surface area contributed by atoms with Crippen molar-refractivity contribution in [2.45, 2.75) is 19.8 Å². The highest BCUT2D eigenvalue weighted by Gasteiger charge is 2.21. The number of pyridine rings is 3. The Bertz CT molecular complexity index is 1620. The molecule has 166 valence electrons. The van der Waals surface area contributed by atoms with Crippen LogP contribution in [0.5, 0.6) is 0 Å². The molecule has 0 spiro atoms. The minimum absolute atomic E-state index is 0.118. The summed E-state index contributed by atoms with van der Waals surface area (Å²) in [6, 6.07) is 21.1. The Kier molecular flexibility index (Phi) is 4.73. The number of aromatic nitrogens is 3. The molecule has 0 aliphatic carbocycles. The summed E-state index contributed by atoms with van der Waals surface area (Å²) in [5.41, 5.74) is 6.10. The summed E-state index contributed by atoms with van der Waals surface area (Å²) in [6.45, 7) is 2.70. The van der Waals surface area contributed by atoms with Gasteiger partial charge in [-0.3, -0.25) is 24.1 Å². The summed E-state index contributed by atoms with van der Waals surface area (Å²) in [6.07, 6.45) is 5.13. The van der Waals surface area contributed by atoms with E-state index in [2.05, 4.69) is 16.0 Å². The zero-order valence-electron chi connectivity index (χ0n) is 18.7. The largest absolute Gasteiger partial charge is 0.312 e. The third-order valence-corrected chi connectivity index (χ3v) is 6.45. The fraction of sp³-hybridized carbons (Fsp3) is 0.143. The van der Waals surface area contributed by atoms with Crippen molar-refractivity contribution in [3.8, 4) is 16.8 Å². The van der Waals surface area contributed by atoms with Gasteiger partial charge in [0.15, 0.2) is 0 Å². The Morgan fingerprint density at radius 1 is 0.794 bits per heavy atom. The van der Waals surface area contributed by atoms with Crippen LogP contribution in [0.15, 0.2) is 83.9 Å². The molecule has 0 N–H and O–H groups in total. The van der Waals surface area contributed by atoms with Crippen LogP contribution >= 0.6 is 0 Å². The van der Waals surface area contributed by atoms with Gasteiger partial charge in [0.2, 0.25) is 5.91 Å². The maximum atomic E-state index is 13.1. The van der Waals surface area contributed by atoms with Gasteiger partial charge in [-0.15, -0.1) is 0 Å². The SMILES string of the molecule is Cc1ccc(-c2ccc3ncc4ccc(=O)n(-c5ccc(N6CCCC6=O)cc5)c4c3c2)cn1. The van der Waals surface area contributed by atoms with Gasteiger partial charge in [-0.2, -0.15) is 0 Å². The molecule has 0 atom stereocenters. The number of carbonyl (C=O) groups is 1. The second-order valence-corrected chi connectivity index (χ2v) is 8.65. The van der Waals surface area contributed by atoms with Gasteiger partial charge in [-0.1, -0.05) is 12.1 Å². The number of amides is 1. The van der Waals surface area contributed by atoms with E-state index in [9.17, 15) is 9.59 Å². The first-order chi connectivity index (χ1) is 16.6. The van der Waals surface area contributed by atoms with E-state index in [-0.39, 0.29) is 11.5 Å². The lowest BCUT2D eigenvalue weighted by Crippen LogP contribution is -2.23. The van der Waals surface area contributed by atoms with Crippen LogP contribution < -0.4 is 10.5 Å². The Hall–Kier alpha value is -4.32. The highest BCUT2D eigenvalue weighted by atomic mass is 16.2. The van der Waals surface area contributed by atoms with Gasteiger partial charge in [0, 0.05) is 64.8 Å². The topological polar surface area (TPSA) is 68.1 Å². The molecule has 1 amide bonds. The van der Waals surface area contributed by atoms with Gasteiger partial charge in [0.1, 0.15) is 0 Å². The number of carbonyl (C=O) groups excluding carboxylic acids is 1. The van der Waals surface area contributed by atoms with E-state index in [4.69, 9.17) is 0 Å². The van der Waals surface area contributed by atoms with Gasteiger partial charge < -0.3 is 4.90 Å². The highest BCUT2D eigenvalue weighted by Crippen LogP contribution is 2.30. The summed E-state index contributed by atoms with van der Waals surface area (Å²) in [4.78, 5) is 36.1. The smallest absolute Gasteiger partial charge is 0.255 e. The Morgan fingerprint density at radius 2 is 1.59 bits per heavy atom. The average molecular weight is 447 g/mol. The molecule has 2 aromatic carbocycles. The first kappa shape index (κ1) is 20.3. The molecule has 3 aromatic heterocycles. The third kappa shape index (κ3) is 3.35. The average Bonchev–Trinajstić information content (AvgIpc) is 3.30. The maximum absolute atomic E-state index is 13.1. The Labute approximate surface area is 196 Å². The van der Waals surface area contributed by atoms with Crippen LogP contribution in [-0.2, 0) is 4.79 Å². The lowest BCUT2D eigenvalue weighted by Gasteiger charge is -2.17. The number of hydrogen-bond acceptors (Lipinski definition) is 4. The number of anilines is 1. The highest BCUT2D eigenvalue weighted by molar-refractivity contribution is 6.05. The second kappa shape index (κ2) is 7.92. The van der Waals surface area contributed by atoms with Crippen LogP contribution in [-0.4, -0.2) is 27.0 Å². The van der Waals surface area contributed by atoms with Crippen LogP contribution in [0, 0.1) is 6.92 Å². The quantitative estimate of drug-likeness (QED) is 0.364. The maximum Gasteiger partial charge on any atom is 0.255 e. The molecule has 6 heteroatoms. The molecular weight excluding hydrogens is 424 g/mol. The van der Waals surface area contributed by atoms with Gasteiger partial charge in [0.05, 0.1) is 11.0 Å². The van der Waals surface area contributed by atoms with Crippen molar-refractivity contribution < 1.29 is 4.79 Å². The number of hydrogen-bond donors (Lipinski definition) is 0. The van der Waals surface area contributed by atoms with E-state index in [1.54, 1.807) is 21.7 Å². The summed E-state index contributed by atoms with van der Waals surface area (Å²) < 4.78 is 1.73. The van der Waals surface area contributed by atoms with Crippen molar-refractivity contribution in [2.24, 2.45) is 0 Å². The number of aryl methyl sites for hydroxylation is 1. The Morgan fingerprint density at radius 3 is 2.32 bits per heavy atom. The van der Waals surface area contributed by atoms with Crippen LogP contribution in [0.3, 0.4) is 0 Å². The third-order valence-electron chi connectivity index (χ3n) is 6.45. The van der Waals surface area contributed by atoms with Crippen molar-refractivity contribution in [1.82, 2.24) is 14.5 Å². The molecule has 1 aliphatic heterocycles. The predicted octanol–water partition coefficient (Wildman–Crippen LogP) is 5.04. The number of rotatable bonds is 3. The normalized spacial score (nSPS) is 13.8. The molecular formula is C28H22N4O2. The molecule has 1 aliphatic rings. The summed E-state index contributed by atoms with van der Waals surface area (Å²) in [7, 11) is 0. The lowest BCUT2D eigenvalue weighted by molar-refractivity contribution is -0.117. The van der Waals surface area contributed by atoms with Crippen LogP contribution in [0.4, 0.5) is 5.69 Å². The first-order valence-corrected chi connectivity index (χ1v) is 11.4. The van der Waals surface area contributed by atoms with Gasteiger partial charge in [0.25, 0.3) is 5.56 Å². The zero-order chi connectivity index (χ0) is 23.2. The van der Waals surface area contributed by atoms with E-state index in [1.165, 1.54) is 0 Å². The van der Waals surface area contributed by atoms with Crippen LogP contribution in [0.2, 0.25) is 0 Å². The lowest BCUT2D eigenvalue weighted by atomic mass is 10.0. The van der Waals surface area contributed by atoms with Crippen LogP contribution in [0.25, 0.3) is 38.6 Å². The Balaban J connectivity index is 1.55. The minimum Gasteiger partial charge on any atom is -0.312 e. The molecule has 0 saturated carbocycles. The molecule has 4 heterocycles. The summed E-state index contributed by atoms with van der Waals surface area (Å²) >= 11 is 0. The minimum atomic E-state index is -0.118.